The first-order valence-electron chi connectivity index (χ1n) is 15.9. The molecule has 0 saturated carbocycles. The number of aryl methyl sites for hydroxylation is 2. The number of aliphatic hydroxyl groups is 1. The summed E-state index contributed by atoms with van der Waals surface area (Å²) in [5.41, 5.74) is 1.84. The predicted octanol–water partition coefficient (Wildman–Crippen LogP) is 5.02. The Hall–Kier alpha value is -3.45. The number of nitrogens with one attached hydrogen (secondary N) is 1. The molecule has 0 saturated heterocycles. The van der Waals surface area contributed by atoms with Gasteiger partial charge in [-0.15, -0.1) is 0 Å². The quantitative estimate of drug-likeness (QED) is 0.326. The van der Waals surface area contributed by atoms with E-state index in [1.54, 1.807) is 30.9 Å². The van der Waals surface area contributed by atoms with Crippen LogP contribution in [0, 0.1) is 19.8 Å². The summed E-state index contributed by atoms with van der Waals surface area (Å²) >= 11 is 0. The van der Waals surface area contributed by atoms with E-state index in [-0.39, 0.29) is 58.2 Å². The normalized spacial score (nSPS) is 20.9. The molecule has 2 aromatic carbocycles. The van der Waals surface area contributed by atoms with Gasteiger partial charge in [-0.05, 0) is 77.8 Å². The molecule has 1 aliphatic heterocycles. The number of hydrogen-bond acceptors (Lipinski definition) is 9. The summed E-state index contributed by atoms with van der Waals surface area (Å²) in [6.07, 6.45) is 2.13. The summed E-state index contributed by atoms with van der Waals surface area (Å²) in [5.74, 6) is 0.0683. The van der Waals surface area contributed by atoms with Gasteiger partial charge in [0.1, 0.15) is 11.4 Å². The van der Waals surface area contributed by atoms with E-state index in [1.165, 1.54) is 18.6 Å². The molecule has 2 N–H and O–H groups in total. The molecule has 3 aromatic rings. The fourth-order valence-electron chi connectivity index (χ4n) is 5.78. The molecule has 1 aliphatic rings. The molecule has 12 heteroatoms. The Balaban J connectivity index is 1.66. The Labute approximate surface area is 272 Å². The lowest BCUT2D eigenvalue weighted by molar-refractivity contribution is -0.0177. The van der Waals surface area contributed by atoms with Crippen LogP contribution in [0.15, 0.2) is 57.9 Å². The molecular weight excluding hydrogens is 608 g/mol. The summed E-state index contributed by atoms with van der Waals surface area (Å²) in [6.45, 7) is 11.0. The molecule has 4 rings (SSSR count). The zero-order chi connectivity index (χ0) is 33.4. The van der Waals surface area contributed by atoms with Crippen LogP contribution >= 0.6 is 0 Å². The summed E-state index contributed by atoms with van der Waals surface area (Å²) in [7, 11) is -1.99. The van der Waals surface area contributed by atoms with Gasteiger partial charge in [-0.3, -0.25) is 14.4 Å². The number of aliphatic hydroxyl groups excluding tert-OH is 1. The minimum Gasteiger partial charge on any atom is -0.490 e. The number of rotatable bonds is 9. The fraction of sp³-hybridized carbons (Fsp3) is 0.529. The molecular formula is C34H48N4O7S. The first-order chi connectivity index (χ1) is 21.9. The second-order valence-corrected chi connectivity index (χ2v) is 14.1. The van der Waals surface area contributed by atoms with E-state index in [2.05, 4.69) is 40.9 Å². The van der Waals surface area contributed by atoms with Crippen LogP contribution in [0.3, 0.4) is 0 Å². The lowest BCUT2D eigenvalue weighted by Crippen LogP contribution is -2.47. The van der Waals surface area contributed by atoms with Crippen molar-refractivity contribution >= 4 is 21.6 Å². The first-order valence-corrected chi connectivity index (χ1v) is 17.4. The van der Waals surface area contributed by atoms with Crippen molar-refractivity contribution in [3.8, 4) is 5.75 Å². The Morgan fingerprint density at radius 3 is 2.54 bits per heavy atom. The topological polar surface area (TPSA) is 134 Å². The number of fused-ring (bicyclic) bond motifs is 1. The molecule has 0 bridgehead atoms. The van der Waals surface area contributed by atoms with E-state index in [0.717, 1.165) is 25.8 Å². The number of carbonyl (C=O) groups is 1. The summed E-state index contributed by atoms with van der Waals surface area (Å²) in [4.78, 5) is 18.2. The average molecular weight is 657 g/mol. The molecule has 1 amide bonds. The van der Waals surface area contributed by atoms with Gasteiger partial charge in [0.25, 0.3) is 15.9 Å². The van der Waals surface area contributed by atoms with Gasteiger partial charge in [0.2, 0.25) is 0 Å². The first kappa shape index (κ1) is 35.4. The maximum atomic E-state index is 14.4. The lowest BCUT2D eigenvalue weighted by Gasteiger charge is -2.36. The highest BCUT2D eigenvalue weighted by atomic mass is 32.2. The number of aromatic nitrogens is 1. The molecule has 46 heavy (non-hydrogen) atoms. The van der Waals surface area contributed by atoms with Crippen LogP contribution in [0.2, 0.25) is 0 Å². The molecule has 0 aliphatic carbocycles. The number of amides is 1. The van der Waals surface area contributed by atoms with E-state index < -0.39 is 16.1 Å². The molecule has 11 nitrogen and oxygen atoms in total. The molecule has 0 radical (unpaired) electrons. The van der Waals surface area contributed by atoms with Gasteiger partial charge in [0.15, 0.2) is 10.7 Å². The van der Waals surface area contributed by atoms with Gasteiger partial charge >= 0.3 is 0 Å². The number of sulfonamides is 1. The number of ether oxygens (including phenoxy) is 2. The Morgan fingerprint density at radius 1 is 1.13 bits per heavy atom. The minimum atomic E-state index is -4.05. The number of nitrogens with zero attached hydrogens (tertiary/aromatic N) is 3. The zero-order valence-electron chi connectivity index (χ0n) is 27.7. The number of carbonyl (C=O) groups excluding carboxylic acids is 1. The minimum absolute atomic E-state index is 0.0450. The van der Waals surface area contributed by atoms with E-state index in [4.69, 9.17) is 14.0 Å². The van der Waals surface area contributed by atoms with E-state index in [1.807, 2.05) is 25.1 Å². The monoisotopic (exact) mass is 656 g/mol. The SMILES string of the molecule is Cc1noc(C)c1S(=O)(=O)Nc1ccc2c(c1)C(=O)N([C@H](C)CO)C[C@@H](C)[C@H](CN(C)Cc1ccccc1)OCCCC[C@@H](C)O2. The van der Waals surface area contributed by atoms with E-state index >= 15 is 0 Å². The largest absolute Gasteiger partial charge is 0.490 e. The van der Waals surface area contributed by atoms with Crippen molar-refractivity contribution in [2.24, 2.45) is 5.92 Å². The standard InChI is InChI=1S/C34H48N4O7S/c1-23-19-38(24(2)22-39)34(40)30-18-29(36-46(41,42)33-26(4)35-45-27(33)5)15-16-31(30)44-25(3)12-10-11-17-43-32(23)21-37(6)20-28-13-8-7-9-14-28/h7-9,13-16,18,23-25,32,36,39H,10-12,17,19-22H2,1-6H3/t23-,24-,25-,32+/m1/s1. The molecule has 1 aromatic heterocycles. The predicted molar refractivity (Wildman–Crippen MR) is 176 cm³/mol. The van der Waals surface area contributed by atoms with Crippen molar-refractivity contribution in [1.29, 1.82) is 0 Å². The van der Waals surface area contributed by atoms with Crippen molar-refractivity contribution in [3.63, 3.8) is 0 Å². The van der Waals surface area contributed by atoms with Gasteiger partial charge in [0.05, 0.1) is 30.4 Å². The van der Waals surface area contributed by atoms with Crippen molar-refractivity contribution in [2.45, 2.75) is 83.6 Å². The zero-order valence-corrected chi connectivity index (χ0v) is 28.5. The fourth-order valence-corrected chi connectivity index (χ4v) is 7.16. The van der Waals surface area contributed by atoms with Crippen LogP contribution in [-0.2, 0) is 21.3 Å². The van der Waals surface area contributed by atoms with Gasteiger partial charge in [-0.1, -0.05) is 42.4 Å². The third-order valence-electron chi connectivity index (χ3n) is 8.33. The second-order valence-electron chi connectivity index (χ2n) is 12.5. The van der Waals surface area contributed by atoms with E-state index in [0.29, 0.717) is 25.4 Å². The van der Waals surface area contributed by atoms with Gasteiger partial charge < -0.3 is 24.0 Å². The highest BCUT2D eigenvalue weighted by molar-refractivity contribution is 7.92. The molecule has 0 spiro atoms. The highest BCUT2D eigenvalue weighted by Crippen LogP contribution is 2.30. The van der Waals surface area contributed by atoms with Crippen molar-refractivity contribution in [2.75, 3.05) is 38.1 Å². The summed E-state index contributed by atoms with van der Waals surface area (Å²) < 4.78 is 47.0. The Kier molecular flexibility index (Phi) is 12.2. The molecule has 252 valence electrons. The number of likely N-dealkylation sites (N-methyl/N-ethyl adjacent to an activating group) is 1. The summed E-state index contributed by atoms with van der Waals surface area (Å²) in [5, 5.41) is 14.0. The maximum absolute atomic E-state index is 14.4. The maximum Gasteiger partial charge on any atom is 0.267 e. The van der Waals surface area contributed by atoms with Crippen LogP contribution in [-0.4, -0.2) is 86.0 Å². The van der Waals surface area contributed by atoms with Crippen LogP contribution in [0.5, 0.6) is 5.75 Å². The highest BCUT2D eigenvalue weighted by Gasteiger charge is 2.31. The van der Waals surface area contributed by atoms with Crippen LogP contribution < -0.4 is 9.46 Å². The number of anilines is 1. The van der Waals surface area contributed by atoms with Gasteiger partial charge in [-0.2, -0.15) is 0 Å². The third-order valence-corrected chi connectivity index (χ3v) is 9.95. The Bertz CT molecular complexity index is 1530. The van der Waals surface area contributed by atoms with Gasteiger partial charge in [0, 0.05) is 37.8 Å². The summed E-state index contributed by atoms with van der Waals surface area (Å²) in [6, 6.07) is 14.4. The van der Waals surface area contributed by atoms with Crippen molar-refractivity contribution < 1.29 is 32.3 Å². The Morgan fingerprint density at radius 2 is 1.87 bits per heavy atom. The van der Waals surface area contributed by atoms with Crippen LogP contribution in [0.25, 0.3) is 0 Å². The molecule has 2 heterocycles. The van der Waals surface area contributed by atoms with Crippen molar-refractivity contribution in [3.05, 3.63) is 71.1 Å². The third kappa shape index (κ3) is 9.09. The average Bonchev–Trinajstić information content (AvgIpc) is 3.37. The smallest absolute Gasteiger partial charge is 0.267 e. The lowest BCUT2D eigenvalue weighted by atomic mass is 10.0. The van der Waals surface area contributed by atoms with E-state index in [9.17, 15) is 18.3 Å². The molecule has 0 fully saturated rings. The second kappa shape index (κ2) is 15.9. The van der Waals surface area contributed by atoms with Crippen molar-refractivity contribution in [1.82, 2.24) is 15.0 Å². The molecule has 4 atom stereocenters. The van der Waals surface area contributed by atoms with Crippen LogP contribution in [0.1, 0.15) is 67.4 Å². The van der Waals surface area contributed by atoms with Gasteiger partial charge in [-0.25, -0.2) is 8.42 Å². The van der Waals surface area contributed by atoms with Crippen LogP contribution in [0.4, 0.5) is 5.69 Å². The number of benzene rings is 2. The number of hydrogen-bond donors (Lipinski definition) is 2. The molecule has 0 unspecified atom stereocenters.